The van der Waals surface area contributed by atoms with Gasteiger partial charge in [-0.3, -0.25) is 9.68 Å². The molecule has 0 N–H and O–H groups in total. The van der Waals surface area contributed by atoms with Crippen LogP contribution in [0.4, 0.5) is 9.18 Å². The fourth-order valence-corrected chi connectivity index (χ4v) is 3.77. The lowest BCUT2D eigenvalue weighted by atomic mass is 10.1. The summed E-state index contributed by atoms with van der Waals surface area (Å²) in [6.07, 6.45) is 0.796. The van der Waals surface area contributed by atoms with Crippen LogP contribution >= 0.6 is 0 Å². The Morgan fingerprint density at radius 3 is 2.72 bits per heavy atom. The van der Waals surface area contributed by atoms with Gasteiger partial charge in [0.1, 0.15) is 35.4 Å². The number of carbonyl (C=O) groups excluding carboxylic acids is 2. The van der Waals surface area contributed by atoms with E-state index in [-0.39, 0.29) is 35.9 Å². The minimum atomic E-state index is -0.985. The second-order valence-corrected chi connectivity index (χ2v) is 9.04. The van der Waals surface area contributed by atoms with E-state index in [4.69, 9.17) is 19.2 Å². The molecule has 0 radical (unpaired) electrons. The number of likely N-dealkylation sites (tertiary alicyclic amines) is 1. The number of amides is 1. The molecule has 1 aromatic heterocycles. The maximum absolute atomic E-state index is 14.0. The first-order valence-electron chi connectivity index (χ1n) is 10.4. The van der Waals surface area contributed by atoms with E-state index in [1.54, 1.807) is 25.3 Å². The lowest BCUT2D eigenvalue weighted by molar-refractivity contribution is -0.270. The maximum atomic E-state index is 14.0. The minimum Gasteiger partial charge on any atom is -0.489 e. The number of benzene rings is 1. The van der Waals surface area contributed by atoms with Crippen molar-refractivity contribution in [2.45, 2.75) is 51.9 Å². The van der Waals surface area contributed by atoms with Crippen LogP contribution in [-0.2, 0) is 14.5 Å². The van der Waals surface area contributed by atoms with Gasteiger partial charge in [0, 0.05) is 18.8 Å². The van der Waals surface area contributed by atoms with Crippen LogP contribution in [0.3, 0.4) is 0 Å². The van der Waals surface area contributed by atoms with Gasteiger partial charge in [-0.2, -0.15) is 4.89 Å². The van der Waals surface area contributed by atoms with Crippen molar-refractivity contribution in [2.24, 2.45) is 0 Å². The number of ether oxygens (including phenoxy) is 2. The van der Waals surface area contributed by atoms with Crippen LogP contribution in [0.2, 0.25) is 0 Å². The van der Waals surface area contributed by atoms with E-state index < -0.39 is 35.0 Å². The van der Waals surface area contributed by atoms with Gasteiger partial charge in [0.15, 0.2) is 0 Å². The predicted molar refractivity (Wildman–Crippen MR) is 111 cm³/mol. The summed E-state index contributed by atoms with van der Waals surface area (Å²) in [5, 5.41) is 0.0259. The van der Waals surface area contributed by atoms with E-state index in [0.29, 0.717) is 18.5 Å². The van der Waals surface area contributed by atoms with E-state index >= 15 is 0 Å². The van der Waals surface area contributed by atoms with Crippen molar-refractivity contribution in [1.82, 2.24) is 9.47 Å². The van der Waals surface area contributed by atoms with E-state index in [9.17, 15) is 18.8 Å². The van der Waals surface area contributed by atoms with Crippen molar-refractivity contribution in [3.05, 3.63) is 39.9 Å². The molecule has 32 heavy (non-hydrogen) atoms. The molecule has 1 fully saturated rings. The molecule has 1 aromatic carbocycles. The molecule has 2 aliphatic heterocycles. The number of hydrogen-bond acceptors (Lipinski definition) is 7. The molecule has 9 nitrogen and oxygen atoms in total. The van der Waals surface area contributed by atoms with Crippen LogP contribution in [0.25, 0.3) is 10.9 Å². The van der Waals surface area contributed by atoms with Crippen LogP contribution in [0, 0.1) is 5.82 Å². The van der Waals surface area contributed by atoms with E-state index in [0.717, 1.165) is 6.07 Å². The normalized spacial score (nSPS) is 20.2. The van der Waals surface area contributed by atoms with Crippen LogP contribution in [-0.4, -0.2) is 52.9 Å². The molecule has 0 spiro atoms. The second kappa shape index (κ2) is 8.09. The number of carbonyl (C=O) groups is 2. The average Bonchev–Trinajstić information content (AvgIpc) is 3.18. The molecule has 0 bridgehead atoms. The molecule has 0 saturated carbocycles. The van der Waals surface area contributed by atoms with Crippen molar-refractivity contribution in [1.29, 1.82) is 0 Å². The Labute approximate surface area is 183 Å². The van der Waals surface area contributed by atoms with Crippen molar-refractivity contribution in [2.75, 3.05) is 19.7 Å². The molecule has 1 saturated heterocycles. The van der Waals surface area contributed by atoms with Gasteiger partial charge in [0.2, 0.25) is 5.43 Å². The molecule has 2 unspecified atom stereocenters. The standard InChI is InChI=1S/C22H25FN2O7/c1-12-11-29-17-8-13(23)7-15-18(17)25(12)10-16(19(15)26)20(27)32-31-14-5-6-24(9-14)21(28)30-22(2,3)4/h7-8,10,12,14H,5-6,9,11H2,1-4H3. The Morgan fingerprint density at radius 1 is 1.25 bits per heavy atom. The van der Waals surface area contributed by atoms with Gasteiger partial charge in [-0.05, 0) is 40.2 Å². The summed E-state index contributed by atoms with van der Waals surface area (Å²) < 4.78 is 26.6. The van der Waals surface area contributed by atoms with Gasteiger partial charge in [-0.1, -0.05) is 0 Å². The smallest absolute Gasteiger partial charge is 0.410 e. The van der Waals surface area contributed by atoms with Crippen molar-refractivity contribution >= 4 is 23.0 Å². The van der Waals surface area contributed by atoms with Crippen LogP contribution in [0.5, 0.6) is 5.75 Å². The Morgan fingerprint density at radius 2 is 2.00 bits per heavy atom. The molecule has 2 aliphatic rings. The highest BCUT2D eigenvalue weighted by molar-refractivity contribution is 5.95. The fourth-order valence-electron chi connectivity index (χ4n) is 3.77. The Kier molecular flexibility index (Phi) is 5.58. The molecule has 3 heterocycles. The summed E-state index contributed by atoms with van der Waals surface area (Å²) in [4.78, 5) is 49.3. The zero-order valence-corrected chi connectivity index (χ0v) is 18.3. The van der Waals surface area contributed by atoms with E-state index in [1.165, 1.54) is 17.2 Å². The topological polar surface area (TPSA) is 96.3 Å². The summed E-state index contributed by atoms with van der Waals surface area (Å²) in [6, 6.07) is 2.11. The van der Waals surface area contributed by atoms with Gasteiger partial charge < -0.3 is 18.9 Å². The van der Waals surface area contributed by atoms with Gasteiger partial charge in [-0.15, -0.1) is 0 Å². The first-order valence-corrected chi connectivity index (χ1v) is 10.4. The second-order valence-electron chi connectivity index (χ2n) is 9.04. The third kappa shape index (κ3) is 4.27. The summed E-state index contributed by atoms with van der Waals surface area (Å²) >= 11 is 0. The van der Waals surface area contributed by atoms with E-state index in [1.807, 2.05) is 6.92 Å². The molecule has 10 heteroatoms. The summed E-state index contributed by atoms with van der Waals surface area (Å²) in [7, 11) is 0. The van der Waals surface area contributed by atoms with Crippen molar-refractivity contribution in [3.8, 4) is 5.75 Å². The summed E-state index contributed by atoms with van der Waals surface area (Å²) in [5.41, 5.74) is -1.14. The largest absolute Gasteiger partial charge is 0.489 e. The number of hydrogen-bond donors (Lipinski definition) is 0. The highest BCUT2D eigenvalue weighted by Gasteiger charge is 2.32. The molecule has 2 atom stereocenters. The lowest BCUT2D eigenvalue weighted by Crippen LogP contribution is -2.36. The number of pyridine rings is 1. The highest BCUT2D eigenvalue weighted by Crippen LogP contribution is 2.32. The monoisotopic (exact) mass is 448 g/mol. The number of nitrogens with zero attached hydrogens (tertiary/aromatic N) is 2. The quantitative estimate of drug-likeness (QED) is 0.526. The minimum absolute atomic E-state index is 0.0259. The molecular weight excluding hydrogens is 423 g/mol. The number of halogens is 1. The first-order chi connectivity index (χ1) is 15.0. The third-order valence-electron chi connectivity index (χ3n) is 5.29. The molecule has 2 aromatic rings. The van der Waals surface area contributed by atoms with Crippen LogP contribution < -0.4 is 10.2 Å². The maximum Gasteiger partial charge on any atom is 0.410 e. The van der Waals surface area contributed by atoms with Gasteiger partial charge in [0.05, 0.1) is 23.5 Å². The van der Waals surface area contributed by atoms with Crippen molar-refractivity contribution < 1.29 is 33.2 Å². The Bertz CT molecular complexity index is 1140. The number of rotatable bonds is 3. The average molecular weight is 448 g/mol. The highest BCUT2D eigenvalue weighted by atomic mass is 19.1. The molecule has 0 aliphatic carbocycles. The summed E-state index contributed by atoms with van der Waals surface area (Å²) in [5.74, 6) is -1.37. The fraction of sp³-hybridized carbons (Fsp3) is 0.500. The number of aromatic nitrogens is 1. The van der Waals surface area contributed by atoms with E-state index in [2.05, 4.69) is 0 Å². The molecule has 1 amide bonds. The van der Waals surface area contributed by atoms with Gasteiger partial charge >= 0.3 is 12.1 Å². The first kappa shape index (κ1) is 22.1. The van der Waals surface area contributed by atoms with Gasteiger partial charge in [-0.25, -0.2) is 14.0 Å². The Balaban J connectivity index is 1.49. The van der Waals surface area contributed by atoms with Crippen LogP contribution in [0.15, 0.2) is 23.1 Å². The Hall–Kier alpha value is -3.14. The summed E-state index contributed by atoms with van der Waals surface area (Å²) in [6.45, 7) is 8.01. The zero-order valence-electron chi connectivity index (χ0n) is 18.3. The third-order valence-corrected chi connectivity index (χ3v) is 5.29. The molecule has 4 rings (SSSR count). The lowest BCUT2D eigenvalue weighted by Gasteiger charge is -2.26. The SMILES string of the molecule is CC1COc2cc(F)cc3c(=O)c(C(=O)OOC4CCN(C(=O)OC(C)(C)C)C4)cn1c23. The predicted octanol–water partition coefficient (Wildman–Crippen LogP) is 3.19. The van der Waals surface area contributed by atoms with Crippen molar-refractivity contribution in [3.63, 3.8) is 0 Å². The molecule has 172 valence electrons. The van der Waals surface area contributed by atoms with Crippen LogP contribution in [0.1, 0.15) is 50.5 Å². The zero-order chi connectivity index (χ0) is 23.2. The molecular formula is C22H25FN2O7. The van der Waals surface area contributed by atoms with Gasteiger partial charge in [0.25, 0.3) is 0 Å².